The molecule has 0 spiro atoms. The lowest BCUT2D eigenvalue weighted by atomic mass is 9.99. The summed E-state index contributed by atoms with van der Waals surface area (Å²) in [5.74, 6) is -0.599. The van der Waals surface area contributed by atoms with Gasteiger partial charge in [-0.25, -0.2) is 13.8 Å². The normalized spacial score (nSPS) is 11.1. The van der Waals surface area contributed by atoms with E-state index >= 15 is 0 Å². The molecule has 0 unspecified atom stereocenters. The number of rotatable bonds is 2. The molecule has 1 heterocycles. The van der Waals surface area contributed by atoms with E-state index in [4.69, 9.17) is 0 Å². The van der Waals surface area contributed by atoms with Crippen LogP contribution in [-0.4, -0.2) is 4.98 Å². The van der Waals surface area contributed by atoms with Crippen LogP contribution >= 0.6 is 0 Å². The minimum Gasteiger partial charge on any atom is -0.247 e. The fourth-order valence-corrected chi connectivity index (χ4v) is 3.22. The third-order valence-electron chi connectivity index (χ3n) is 4.66. The monoisotopic (exact) mass is 345 g/mol. The number of hydrogen-bond acceptors (Lipinski definition) is 1. The molecule has 0 aliphatic carbocycles. The van der Waals surface area contributed by atoms with Crippen molar-refractivity contribution in [3.63, 3.8) is 0 Å². The Morgan fingerprint density at radius 1 is 0.692 bits per heavy atom. The molecule has 0 amide bonds. The number of halogens is 2. The van der Waals surface area contributed by atoms with E-state index in [0.29, 0.717) is 33.6 Å². The molecule has 4 rings (SSSR count). The maximum Gasteiger partial charge on any atom is 0.135 e. The first-order valence-electron chi connectivity index (χ1n) is 8.47. The van der Waals surface area contributed by atoms with E-state index in [1.807, 2.05) is 36.4 Å². The Morgan fingerprint density at radius 3 is 2.04 bits per heavy atom. The molecule has 0 saturated heterocycles. The Balaban J connectivity index is 2.07. The summed E-state index contributed by atoms with van der Waals surface area (Å²) >= 11 is 0. The van der Waals surface area contributed by atoms with Crippen LogP contribution in [0.4, 0.5) is 8.78 Å². The predicted octanol–water partition coefficient (Wildman–Crippen LogP) is 6.46. The Hall–Kier alpha value is -3.07. The smallest absolute Gasteiger partial charge is 0.135 e. The second kappa shape index (κ2) is 6.34. The third kappa shape index (κ3) is 2.66. The minimum atomic E-state index is -0.300. The highest BCUT2D eigenvalue weighted by Gasteiger charge is 2.16. The maximum atomic E-state index is 14.8. The van der Waals surface area contributed by atoms with Crippen LogP contribution in [-0.2, 0) is 0 Å². The van der Waals surface area contributed by atoms with E-state index in [2.05, 4.69) is 4.98 Å². The number of pyridine rings is 1. The van der Waals surface area contributed by atoms with E-state index in [1.165, 1.54) is 0 Å². The molecule has 0 fully saturated rings. The van der Waals surface area contributed by atoms with Gasteiger partial charge in [0.15, 0.2) is 0 Å². The summed E-state index contributed by atoms with van der Waals surface area (Å²) in [5, 5.41) is 1.74. The van der Waals surface area contributed by atoms with Crippen molar-refractivity contribution in [2.24, 2.45) is 0 Å². The summed E-state index contributed by atoms with van der Waals surface area (Å²) in [4.78, 5) is 4.67. The molecule has 0 aliphatic heterocycles. The summed E-state index contributed by atoms with van der Waals surface area (Å²) in [6.07, 6.45) is 0. The summed E-state index contributed by atoms with van der Waals surface area (Å²) in [6, 6.07) is 20.0. The van der Waals surface area contributed by atoms with Gasteiger partial charge in [0.1, 0.15) is 11.6 Å². The lowest BCUT2D eigenvalue weighted by Crippen LogP contribution is -1.96. The van der Waals surface area contributed by atoms with Crippen LogP contribution in [0.1, 0.15) is 11.1 Å². The van der Waals surface area contributed by atoms with Crippen molar-refractivity contribution in [3.05, 3.63) is 89.5 Å². The summed E-state index contributed by atoms with van der Waals surface area (Å²) in [7, 11) is 0. The van der Waals surface area contributed by atoms with Crippen molar-refractivity contribution < 1.29 is 8.78 Å². The van der Waals surface area contributed by atoms with Gasteiger partial charge in [-0.05, 0) is 48.6 Å². The van der Waals surface area contributed by atoms with Crippen LogP contribution < -0.4 is 0 Å². The Kier molecular flexibility index (Phi) is 4.00. The van der Waals surface area contributed by atoms with Crippen LogP contribution in [0.25, 0.3) is 33.3 Å². The second-order valence-corrected chi connectivity index (χ2v) is 6.45. The Labute approximate surface area is 151 Å². The van der Waals surface area contributed by atoms with Crippen molar-refractivity contribution in [2.45, 2.75) is 13.8 Å². The lowest BCUT2D eigenvalue weighted by Gasteiger charge is -2.12. The number of nitrogens with zero attached hydrogens (tertiary/aromatic N) is 1. The zero-order valence-electron chi connectivity index (χ0n) is 14.6. The molecular weight excluding hydrogens is 328 g/mol. The topological polar surface area (TPSA) is 12.9 Å². The van der Waals surface area contributed by atoms with Crippen LogP contribution in [0.2, 0.25) is 0 Å². The first kappa shape index (κ1) is 16.4. The fourth-order valence-electron chi connectivity index (χ4n) is 3.22. The van der Waals surface area contributed by atoms with Gasteiger partial charge in [-0.1, -0.05) is 48.5 Å². The van der Waals surface area contributed by atoms with Gasteiger partial charge in [-0.3, -0.25) is 0 Å². The van der Waals surface area contributed by atoms with Crippen molar-refractivity contribution in [2.75, 3.05) is 0 Å². The van der Waals surface area contributed by atoms with E-state index in [0.717, 1.165) is 10.8 Å². The van der Waals surface area contributed by atoms with Gasteiger partial charge in [-0.2, -0.15) is 0 Å². The molecule has 4 aromatic rings. The number of aryl methyl sites for hydroxylation is 2. The second-order valence-electron chi connectivity index (χ2n) is 6.45. The van der Waals surface area contributed by atoms with Gasteiger partial charge in [0.05, 0.1) is 11.4 Å². The lowest BCUT2D eigenvalue weighted by molar-refractivity contribution is 0.621. The van der Waals surface area contributed by atoms with E-state index in [-0.39, 0.29) is 11.6 Å². The minimum absolute atomic E-state index is 0.299. The molecular formula is C23H17F2N. The summed E-state index contributed by atoms with van der Waals surface area (Å²) in [6.45, 7) is 3.45. The molecule has 0 N–H and O–H groups in total. The van der Waals surface area contributed by atoms with Crippen molar-refractivity contribution >= 4 is 10.8 Å². The van der Waals surface area contributed by atoms with E-state index < -0.39 is 0 Å². The SMILES string of the molecule is Cc1cccc(-c2cc3ccccc3c(-c3cccc(C)c3F)n2)c1F. The highest BCUT2D eigenvalue weighted by Crippen LogP contribution is 2.34. The van der Waals surface area contributed by atoms with Gasteiger partial charge < -0.3 is 0 Å². The van der Waals surface area contributed by atoms with Crippen LogP contribution in [0.15, 0.2) is 66.7 Å². The van der Waals surface area contributed by atoms with Gasteiger partial charge >= 0.3 is 0 Å². The largest absolute Gasteiger partial charge is 0.247 e. The zero-order valence-corrected chi connectivity index (χ0v) is 14.6. The average Bonchev–Trinajstić information content (AvgIpc) is 2.65. The van der Waals surface area contributed by atoms with Crippen molar-refractivity contribution in [1.82, 2.24) is 4.98 Å². The van der Waals surface area contributed by atoms with Crippen molar-refractivity contribution in [3.8, 4) is 22.5 Å². The number of aromatic nitrogens is 1. The molecule has 0 saturated carbocycles. The highest BCUT2D eigenvalue weighted by atomic mass is 19.1. The number of fused-ring (bicyclic) bond motifs is 1. The molecule has 0 radical (unpaired) electrons. The molecule has 0 bridgehead atoms. The molecule has 1 aromatic heterocycles. The molecule has 128 valence electrons. The van der Waals surface area contributed by atoms with E-state index in [1.54, 1.807) is 44.2 Å². The molecule has 3 heteroatoms. The predicted molar refractivity (Wildman–Crippen MR) is 102 cm³/mol. The van der Waals surface area contributed by atoms with Gasteiger partial charge in [0.2, 0.25) is 0 Å². The number of hydrogen-bond donors (Lipinski definition) is 0. The van der Waals surface area contributed by atoms with Gasteiger partial charge in [-0.15, -0.1) is 0 Å². The molecule has 26 heavy (non-hydrogen) atoms. The van der Waals surface area contributed by atoms with Gasteiger partial charge in [0.25, 0.3) is 0 Å². The quantitative estimate of drug-likeness (QED) is 0.406. The Bertz CT molecular complexity index is 1130. The first-order valence-corrected chi connectivity index (χ1v) is 8.47. The molecule has 0 atom stereocenters. The van der Waals surface area contributed by atoms with Gasteiger partial charge in [0, 0.05) is 16.5 Å². The zero-order chi connectivity index (χ0) is 18.3. The summed E-state index contributed by atoms with van der Waals surface area (Å²) < 4.78 is 29.4. The number of benzene rings is 3. The first-order chi connectivity index (χ1) is 12.6. The van der Waals surface area contributed by atoms with E-state index in [9.17, 15) is 8.78 Å². The molecule has 0 aliphatic rings. The Morgan fingerprint density at radius 2 is 1.31 bits per heavy atom. The third-order valence-corrected chi connectivity index (χ3v) is 4.66. The maximum absolute atomic E-state index is 14.8. The molecule has 1 nitrogen and oxygen atoms in total. The van der Waals surface area contributed by atoms with Crippen LogP contribution in [0.5, 0.6) is 0 Å². The van der Waals surface area contributed by atoms with Crippen LogP contribution in [0, 0.1) is 25.5 Å². The fraction of sp³-hybridized carbons (Fsp3) is 0.0870. The van der Waals surface area contributed by atoms with Crippen molar-refractivity contribution in [1.29, 1.82) is 0 Å². The highest BCUT2D eigenvalue weighted by molar-refractivity contribution is 5.97. The van der Waals surface area contributed by atoms with Crippen LogP contribution in [0.3, 0.4) is 0 Å². The molecule has 3 aromatic carbocycles. The standard InChI is InChI=1S/C23H17F2N/c1-14-7-5-11-18(21(14)24)20-13-16-9-3-4-10-17(16)23(26-20)19-12-6-8-15(2)22(19)25/h3-13H,1-2H3. The summed E-state index contributed by atoms with van der Waals surface area (Å²) in [5.41, 5.74) is 2.99. The average molecular weight is 345 g/mol.